The first-order chi connectivity index (χ1) is 5.02. The molecule has 1 saturated heterocycles. The number of cyclic esters (lactones) is 1. The number of halogens is 3. The Kier molecular flexibility index (Phi) is 2.90. The van der Waals surface area contributed by atoms with Gasteiger partial charge in [0.2, 0.25) is 3.79 Å². The molecule has 0 aromatic heterocycles. The van der Waals surface area contributed by atoms with Crippen LogP contribution in [0.4, 0.5) is 0 Å². The van der Waals surface area contributed by atoms with Crippen LogP contribution in [-0.4, -0.2) is 16.4 Å². The van der Waals surface area contributed by atoms with Crippen LogP contribution in [0.15, 0.2) is 0 Å². The van der Waals surface area contributed by atoms with Gasteiger partial charge in [0.05, 0.1) is 6.61 Å². The van der Waals surface area contributed by atoms with Crippen molar-refractivity contribution in [3.05, 3.63) is 0 Å². The van der Waals surface area contributed by atoms with Crippen LogP contribution < -0.4 is 0 Å². The average molecular weight is 217 g/mol. The summed E-state index contributed by atoms with van der Waals surface area (Å²) in [6.07, 6.45) is 1.36. The molecule has 0 aromatic rings. The van der Waals surface area contributed by atoms with E-state index in [0.717, 1.165) is 6.42 Å². The summed E-state index contributed by atoms with van der Waals surface area (Å²) < 4.78 is 3.21. The fourth-order valence-corrected chi connectivity index (χ4v) is 1.57. The first-order valence-corrected chi connectivity index (χ1v) is 4.38. The highest BCUT2D eigenvalue weighted by molar-refractivity contribution is 6.68. The minimum Gasteiger partial charge on any atom is -0.465 e. The van der Waals surface area contributed by atoms with E-state index in [-0.39, 0.29) is 0 Å². The maximum atomic E-state index is 11.0. The zero-order chi connectivity index (χ0) is 8.48. The second kappa shape index (κ2) is 3.38. The Hall–Kier alpha value is 0.340. The van der Waals surface area contributed by atoms with Gasteiger partial charge in [0.15, 0.2) is 0 Å². The summed E-state index contributed by atoms with van der Waals surface area (Å²) in [5.74, 6) is -1.00. The molecule has 0 saturated carbocycles. The molecule has 5 heteroatoms. The Balaban J connectivity index is 2.62. The van der Waals surface area contributed by atoms with Crippen molar-refractivity contribution in [1.29, 1.82) is 0 Å². The van der Waals surface area contributed by atoms with Gasteiger partial charge < -0.3 is 4.74 Å². The van der Waals surface area contributed by atoms with Gasteiger partial charge in [0.25, 0.3) is 0 Å². The first-order valence-electron chi connectivity index (χ1n) is 3.25. The van der Waals surface area contributed by atoms with Gasteiger partial charge in [-0.05, 0) is 12.8 Å². The maximum Gasteiger partial charge on any atom is 0.313 e. The van der Waals surface area contributed by atoms with Crippen LogP contribution in [0.2, 0.25) is 0 Å². The highest BCUT2D eigenvalue weighted by atomic mass is 35.6. The molecule has 2 nitrogen and oxygen atoms in total. The molecule has 1 aliphatic heterocycles. The van der Waals surface area contributed by atoms with E-state index in [1.165, 1.54) is 0 Å². The predicted molar refractivity (Wildman–Crippen MR) is 44.0 cm³/mol. The summed E-state index contributed by atoms with van der Waals surface area (Å²) in [7, 11) is 0. The van der Waals surface area contributed by atoms with E-state index in [2.05, 4.69) is 0 Å². The number of carbonyl (C=O) groups excluding carboxylic acids is 1. The molecule has 0 spiro atoms. The lowest BCUT2D eigenvalue weighted by molar-refractivity contribution is -0.152. The largest absolute Gasteiger partial charge is 0.465 e. The number of hydrogen-bond acceptors (Lipinski definition) is 2. The van der Waals surface area contributed by atoms with Gasteiger partial charge in [-0.1, -0.05) is 34.8 Å². The van der Waals surface area contributed by atoms with Crippen molar-refractivity contribution >= 4 is 40.8 Å². The van der Waals surface area contributed by atoms with Gasteiger partial charge in [-0.2, -0.15) is 0 Å². The highest BCUT2D eigenvalue weighted by Crippen LogP contribution is 2.39. The number of hydrogen-bond donors (Lipinski definition) is 0. The lowest BCUT2D eigenvalue weighted by Crippen LogP contribution is -2.33. The van der Waals surface area contributed by atoms with Crippen molar-refractivity contribution in [3.63, 3.8) is 0 Å². The molecule has 1 aliphatic rings. The summed E-state index contributed by atoms with van der Waals surface area (Å²) in [4.78, 5) is 11.0. The van der Waals surface area contributed by atoms with Gasteiger partial charge in [-0.3, -0.25) is 4.79 Å². The number of alkyl halides is 3. The molecule has 1 fully saturated rings. The average Bonchev–Trinajstić information content (AvgIpc) is 1.86. The quantitative estimate of drug-likeness (QED) is 0.460. The third kappa shape index (κ3) is 2.39. The molecule has 0 aromatic carbocycles. The summed E-state index contributed by atoms with van der Waals surface area (Å²) >= 11 is 16.6. The van der Waals surface area contributed by atoms with Crippen molar-refractivity contribution in [2.24, 2.45) is 5.92 Å². The molecule has 64 valence electrons. The zero-order valence-electron chi connectivity index (χ0n) is 5.65. The second-order valence-corrected chi connectivity index (χ2v) is 4.77. The smallest absolute Gasteiger partial charge is 0.313 e. The van der Waals surface area contributed by atoms with Crippen LogP contribution in [0, 0.1) is 5.92 Å². The lowest BCUT2D eigenvalue weighted by atomic mass is 10.0. The van der Waals surface area contributed by atoms with Crippen LogP contribution in [-0.2, 0) is 9.53 Å². The Morgan fingerprint density at radius 1 is 1.45 bits per heavy atom. The van der Waals surface area contributed by atoms with Crippen LogP contribution >= 0.6 is 34.8 Å². The first kappa shape index (κ1) is 9.43. The van der Waals surface area contributed by atoms with Gasteiger partial charge >= 0.3 is 5.97 Å². The number of esters is 1. The van der Waals surface area contributed by atoms with E-state index in [1.807, 2.05) is 0 Å². The molecule has 0 aliphatic carbocycles. The molecular weight excluding hydrogens is 210 g/mol. The number of carbonyl (C=O) groups is 1. The Morgan fingerprint density at radius 2 is 2.09 bits per heavy atom. The van der Waals surface area contributed by atoms with Crippen molar-refractivity contribution in [2.75, 3.05) is 6.61 Å². The van der Waals surface area contributed by atoms with Crippen molar-refractivity contribution in [3.8, 4) is 0 Å². The van der Waals surface area contributed by atoms with Gasteiger partial charge in [0, 0.05) is 0 Å². The Bertz CT molecular complexity index is 164. The summed E-state index contributed by atoms with van der Waals surface area (Å²) in [6, 6.07) is 0. The summed E-state index contributed by atoms with van der Waals surface area (Å²) in [6.45, 7) is 0.441. The summed E-state index contributed by atoms with van der Waals surface area (Å²) in [5.41, 5.74) is 0. The molecule has 1 rings (SSSR count). The van der Waals surface area contributed by atoms with E-state index >= 15 is 0 Å². The van der Waals surface area contributed by atoms with E-state index in [0.29, 0.717) is 13.0 Å². The molecule has 0 amide bonds. The Labute approximate surface area is 79.7 Å². The minimum absolute atomic E-state index is 0.406. The van der Waals surface area contributed by atoms with Crippen LogP contribution in [0.3, 0.4) is 0 Å². The fourth-order valence-electron chi connectivity index (χ4n) is 0.976. The third-order valence-corrected chi connectivity index (χ3v) is 2.35. The van der Waals surface area contributed by atoms with Gasteiger partial charge in [0.1, 0.15) is 5.92 Å². The van der Waals surface area contributed by atoms with Crippen LogP contribution in [0.5, 0.6) is 0 Å². The van der Waals surface area contributed by atoms with Crippen LogP contribution in [0.25, 0.3) is 0 Å². The van der Waals surface area contributed by atoms with Crippen molar-refractivity contribution in [2.45, 2.75) is 16.6 Å². The Morgan fingerprint density at radius 3 is 2.45 bits per heavy atom. The molecule has 1 heterocycles. The number of rotatable bonds is 0. The standard InChI is InChI=1S/C6H7Cl3O2/c7-6(8,9)4-2-1-3-11-5(4)10/h4H,1-3H2. The topological polar surface area (TPSA) is 26.3 Å². The van der Waals surface area contributed by atoms with Gasteiger partial charge in [-0.15, -0.1) is 0 Å². The molecule has 0 bridgehead atoms. The fraction of sp³-hybridized carbons (Fsp3) is 0.833. The molecule has 0 radical (unpaired) electrons. The zero-order valence-corrected chi connectivity index (χ0v) is 7.92. The maximum absolute atomic E-state index is 11.0. The van der Waals surface area contributed by atoms with E-state index in [9.17, 15) is 4.79 Å². The molecule has 1 atom stereocenters. The highest BCUT2D eigenvalue weighted by Gasteiger charge is 2.40. The molecule has 0 N–H and O–H groups in total. The van der Waals surface area contributed by atoms with E-state index in [1.54, 1.807) is 0 Å². The SMILES string of the molecule is O=C1OCCCC1C(Cl)(Cl)Cl. The van der Waals surface area contributed by atoms with E-state index < -0.39 is 15.7 Å². The third-order valence-electron chi connectivity index (χ3n) is 1.56. The van der Waals surface area contributed by atoms with Gasteiger partial charge in [-0.25, -0.2) is 0 Å². The molecule has 1 unspecified atom stereocenters. The van der Waals surface area contributed by atoms with Crippen molar-refractivity contribution in [1.82, 2.24) is 0 Å². The summed E-state index contributed by atoms with van der Waals surface area (Å²) in [5, 5.41) is 0. The normalized spacial score (nSPS) is 26.5. The minimum atomic E-state index is -1.52. The van der Waals surface area contributed by atoms with Crippen molar-refractivity contribution < 1.29 is 9.53 Å². The van der Waals surface area contributed by atoms with Crippen LogP contribution in [0.1, 0.15) is 12.8 Å². The monoisotopic (exact) mass is 216 g/mol. The molecular formula is C6H7Cl3O2. The van der Waals surface area contributed by atoms with E-state index in [4.69, 9.17) is 39.5 Å². The lowest BCUT2D eigenvalue weighted by Gasteiger charge is -2.26. The predicted octanol–water partition coefficient (Wildman–Crippen LogP) is 2.31. The number of ether oxygens (including phenoxy) is 1. The second-order valence-electron chi connectivity index (χ2n) is 2.40. The molecule has 11 heavy (non-hydrogen) atoms.